The summed E-state index contributed by atoms with van der Waals surface area (Å²) >= 11 is 0. The minimum absolute atomic E-state index is 0.0139. The fourth-order valence-electron chi connectivity index (χ4n) is 7.00. The highest BCUT2D eigenvalue weighted by molar-refractivity contribution is 6.74. The molecule has 0 aromatic heterocycles. The van der Waals surface area contributed by atoms with E-state index in [-0.39, 0.29) is 33.6 Å². The molecule has 0 amide bonds. The molecule has 0 radical (unpaired) electrons. The Kier molecular flexibility index (Phi) is 9.65. The Labute approximate surface area is 243 Å². The van der Waals surface area contributed by atoms with Crippen LogP contribution < -0.4 is 0 Å². The predicted octanol–water partition coefficient (Wildman–Crippen LogP) is 10.0. The van der Waals surface area contributed by atoms with Gasteiger partial charge in [0, 0.05) is 12.3 Å². The highest BCUT2D eigenvalue weighted by atomic mass is 28.4. The Morgan fingerprint density at radius 3 is 2.13 bits per heavy atom. The number of hydrogen-bond acceptors (Lipinski definition) is 3. The van der Waals surface area contributed by atoms with Gasteiger partial charge < -0.3 is 13.6 Å². The van der Waals surface area contributed by atoms with Crippen LogP contribution in [0.1, 0.15) is 100 Å². The molecule has 0 spiro atoms. The second-order valence-electron chi connectivity index (χ2n) is 16.4. The average molecular weight is 573 g/mol. The van der Waals surface area contributed by atoms with Crippen molar-refractivity contribution < 1.29 is 13.6 Å². The minimum atomic E-state index is -1.97. The highest BCUT2D eigenvalue weighted by Gasteiger charge is 2.51. The van der Waals surface area contributed by atoms with Crippen molar-refractivity contribution in [2.45, 2.75) is 149 Å². The van der Waals surface area contributed by atoms with Crippen LogP contribution in [0.15, 0.2) is 35.5 Å². The molecule has 0 aliphatic heterocycles. The molecule has 3 aliphatic carbocycles. The first kappa shape index (κ1) is 32.8. The monoisotopic (exact) mass is 572 g/mol. The van der Waals surface area contributed by atoms with Gasteiger partial charge in [-0.15, -0.1) is 0 Å². The average Bonchev–Trinajstić information content (AvgIpc) is 3.15. The zero-order valence-electron chi connectivity index (χ0n) is 27.5. The van der Waals surface area contributed by atoms with E-state index in [4.69, 9.17) is 8.85 Å². The van der Waals surface area contributed by atoms with Gasteiger partial charge in [-0.2, -0.15) is 0 Å². The third-order valence-corrected chi connectivity index (χ3v) is 20.6. The van der Waals surface area contributed by atoms with Crippen molar-refractivity contribution in [2.24, 2.45) is 23.2 Å². The molecule has 3 nitrogen and oxygen atoms in total. The van der Waals surface area contributed by atoms with Crippen LogP contribution in [-0.4, -0.2) is 35.1 Å². The fourth-order valence-corrected chi connectivity index (χ4v) is 9.67. The molecule has 5 heteroatoms. The lowest BCUT2D eigenvalue weighted by molar-refractivity contribution is -0.113. The van der Waals surface area contributed by atoms with Crippen LogP contribution in [0.2, 0.25) is 36.3 Å². The largest absolute Gasteiger partial charge is 0.413 e. The van der Waals surface area contributed by atoms with Crippen LogP contribution in [0.4, 0.5) is 0 Å². The molecule has 39 heavy (non-hydrogen) atoms. The lowest BCUT2D eigenvalue weighted by Crippen LogP contribution is -2.49. The highest BCUT2D eigenvalue weighted by Crippen LogP contribution is 2.59. The number of hydrogen-bond donors (Lipinski definition) is 0. The first-order chi connectivity index (χ1) is 17.7. The fraction of sp³-hybridized carbons (Fsp3) is 0.794. The number of rotatable bonds is 7. The molecule has 0 saturated heterocycles. The maximum absolute atomic E-state index is 11.7. The molecule has 0 unspecified atom stereocenters. The molecule has 3 rings (SSSR count). The maximum atomic E-state index is 11.7. The molecular weight excluding hydrogens is 513 g/mol. The van der Waals surface area contributed by atoms with Gasteiger partial charge in [0.05, 0.1) is 12.2 Å². The number of carbonyl (C=O) groups excluding carboxylic acids is 1. The van der Waals surface area contributed by atoms with Crippen molar-refractivity contribution in [3.63, 3.8) is 0 Å². The topological polar surface area (TPSA) is 35.5 Å². The van der Waals surface area contributed by atoms with Crippen molar-refractivity contribution in [1.29, 1.82) is 0 Å². The van der Waals surface area contributed by atoms with Crippen LogP contribution in [0, 0.1) is 23.2 Å². The van der Waals surface area contributed by atoms with Gasteiger partial charge in [-0.05, 0) is 103 Å². The molecule has 6 atom stereocenters. The Balaban J connectivity index is 1.93. The lowest BCUT2D eigenvalue weighted by atomic mass is 9.61. The summed E-state index contributed by atoms with van der Waals surface area (Å²) in [6.07, 6.45) is 14.0. The summed E-state index contributed by atoms with van der Waals surface area (Å²) in [6, 6.07) is 0. The number of fused-ring (bicyclic) bond motifs is 1. The van der Waals surface area contributed by atoms with Gasteiger partial charge in [-0.3, -0.25) is 0 Å². The summed E-state index contributed by atoms with van der Waals surface area (Å²) in [7, 11) is -3.89. The van der Waals surface area contributed by atoms with Crippen LogP contribution in [-0.2, 0) is 13.6 Å². The van der Waals surface area contributed by atoms with Gasteiger partial charge in [0.15, 0.2) is 16.6 Å². The van der Waals surface area contributed by atoms with E-state index in [1.54, 1.807) is 5.57 Å². The maximum Gasteiger partial charge on any atom is 0.192 e. The Morgan fingerprint density at radius 1 is 0.974 bits per heavy atom. The molecule has 3 saturated carbocycles. The normalized spacial score (nSPS) is 33.9. The van der Waals surface area contributed by atoms with Gasteiger partial charge in [-0.25, -0.2) is 0 Å². The van der Waals surface area contributed by atoms with Crippen LogP contribution >= 0.6 is 0 Å². The molecule has 222 valence electrons. The molecule has 0 bridgehead atoms. The molecule has 3 fully saturated rings. The quantitative estimate of drug-likeness (QED) is 0.225. The van der Waals surface area contributed by atoms with E-state index in [9.17, 15) is 4.79 Å². The van der Waals surface area contributed by atoms with Crippen molar-refractivity contribution in [2.75, 3.05) is 0 Å². The van der Waals surface area contributed by atoms with Crippen molar-refractivity contribution >= 4 is 22.9 Å². The van der Waals surface area contributed by atoms with Gasteiger partial charge in [0.2, 0.25) is 0 Å². The molecule has 0 heterocycles. The SMILES string of the molecule is C=C1/C(=C/C=C2\CCC[C@]3(C)[C@@H]2CC[C@H]3[C@@H](C)C=O)C[C@H](O[Si](C)(C)C(C)(C)C)C[C@H]1O[Si](C)(C)C(C)(C)C. The summed E-state index contributed by atoms with van der Waals surface area (Å²) in [6.45, 7) is 32.6. The van der Waals surface area contributed by atoms with Crippen LogP contribution in [0.25, 0.3) is 0 Å². The standard InChI is InChI=1S/C34H60O3Si2/c1-24(23-35)29-18-19-30-26(15-14-20-34(29,30)9)16-17-27-21-28(36-38(10,11)32(3,4)5)22-31(25(27)2)37-39(12,13)33(6,7)8/h16-17,23-24,28-31H,2,14-15,18-22H2,1,3-13H3/b26-16+,27-17+/t24-,28-,29-,30+,31+,34-/m0/s1. The van der Waals surface area contributed by atoms with E-state index in [2.05, 4.69) is 100 Å². The van der Waals surface area contributed by atoms with Crippen molar-refractivity contribution in [1.82, 2.24) is 0 Å². The number of carbonyl (C=O) groups is 1. The summed E-state index contributed by atoms with van der Waals surface area (Å²) in [5.41, 5.74) is 4.29. The minimum Gasteiger partial charge on any atom is -0.413 e. The van der Waals surface area contributed by atoms with E-state index in [0.717, 1.165) is 18.4 Å². The molecular formula is C34H60O3Si2. The number of aldehydes is 1. The number of allylic oxidation sites excluding steroid dienone is 3. The smallest absolute Gasteiger partial charge is 0.192 e. The molecule has 0 aromatic carbocycles. The van der Waals surface area contributed by atoms with Crippen LogP contribution in [0.3, 0.4) is 0 Å². The Morgan fingerprint density at radius 2 is 1.56 bits per heavy atom. The van der Waals surface area contributed by atoms with E-state index in [1.807, 2.05) is 0 Å². The van der Waals surface area contributed by atoms with Gasteiger partial charge in [0.1, 0.15) is 6.29 Å². The zero-order valence-corrected chi connectivity index (χ0v) is 29.5. The zero-order chi connectivity index (χ0) is 29.6. The Hall–Kier alpha value is -0.756. The van der Waals surface area contributed by atoms with Gasteiger partial charge in [0.25, 0.3) is 0 Å². The van der Waals surface area contributed by atoms with E-state index in [0.29, 0.717) is 11.8 Å². The molecule has 0 N–H and O–H groups in total. The predicted molar refractivity (Wildman–Crippen MR) is 172 cm³/mol. The van der Waals surface area contributed by atoms with Crippen molar-refractivity contribution in [3.05, 3.63) is 35.5 Å². The molecule has 0 aromatic rings. The second-order valence-corrected chi connectivity index (χ2v) is 25.9. The third kappa shape index (κ3) is 6.84. The Bertz CT molecular complexity index is 977. The van der Waals surface area contributed by atoms with Crippen molar-refractivity contribution in [3.8, 4) is 0 Å². The van der Waals surface area contributed by atoms with Gasteiger partial charge >= 0.3 is 0 Å². The van der Waals surface area contributed by atoms with Gasteiger partial charge in [-0.1, -0.05) is 79.7 Å². The van der Waals surface area contributed by atoms with E-state index >= 15 is 0 Å². The van der Waals surface area contributed by atoms with E-state index in [1.165, 1.54) is 44.0 Å². The lowest BCUT2D eigenvalue weighted by Gasteiger charge is -2.45. The third-order valence-electron chi connectivity index (χ3n) is 11.6. The van der Waals surface area contributed by atoms with E-state index < -0.39 is 16.6 Å². The summed E-state index contributed by atoms with van der Waals surface area (Å²) in [4.78, 5) is 11.7. The first-order valence-electron chi connectivity index (χ1n) is 15.6. The molecule has 3 aliphatic rings. The summed E-state index contributed by atoms with van der Waals surface area (Å²) in [5.74, 6) is 1.24. The summed E-state index contributed by atoms with van der Waals surface area (Å²) < 4.78 is 14.0. The first-order valence-corrected chi connectivity index (χ1v) is 21.4. The summed E-state index contributed by atoms with van der Waals surface area (Å²) in [5, 5.41) is 0.323. The second kappa shape index (κ2) is 11.5. The van der Waals surface area contributed by atoms with Crippen LogP contribution in [0.5, 0.6) is 0 Å².